The van der Waals surface area contributed by atoms with Crippen molar-refractivity contribution in [3.8, 4) is 11.1 Å². The zero-order chi connectivity index (χ0) is 24.4. The third-order valence-electron chi connectivity index (χ3n) is 7.22. The molecule has 0 aliphatic carbocycles. The van der Waals surface area contributed by atoms with Crippen LogP contribution in [0.3, 0.4) is 0 Å². The van der Waals surface area contributed by atoms with Crippen LogP contribution < -0.4 is 5.32 Å². The second-order valence-corrected chi connectivity index (χ2v) is 9.51. The number of likely N-dealkylation sites (tertiary alicyclic amines) is 1. The molecule has 0 amide bonds. The fourth-order valence-corrected chi connectivity index (χ4v) is 5.27. The summed E-state index contributed by atoms with van der Waals surface area (Å²) in [7, 11) is 4.29. The molecule has 3 heterocycles. The summed E-state index contributed by atoms with van der Waals surface area (Å²) in [6.45, 7) is 6.29. The number of hydrogen-bond acceptors (Lipinski definition) is 5. The van der Waals surface area contributed by atoms with Crippen molar-refractivity contribution in [3.05, 3.63) is 66.8 Å². The number of fused-ring (bicyclic) bond motifs is 2. The van der Waals surface area contributed by atoms with Gasteiger partial charge in [-0.05, 0) is 88.0 Å². The maximum absolute atomic E-state index is 4.74. The second-order valence-electron chi connectivity index (χ2n) is 9.51. The van der Waals surface area contributed by atoms with Gasteiger partial charge in [0.15, 0.2) is 0 Å². The van der Waals surface area contributed by atoms with Gasteiger partial charge in [0.1, 0.15) is 0 Å². The minimum atomic E-state index is 0.141. The highest BCUT2D eigenvalue weighted by Crippen LogP contribution is 2.34. The van der Waals surface area contributed by atoms with Gasteiger partial charge in [0.2, 0.25) is 0 Å². The summed E-state index contributed by atoms with van der Waals surface area (Å²) >= 11 is 0. The normalized spacial score (nSPS) is 17.0. The van der Waals surface area contributed by atoms with Crippen LogP contribution in [-0.2, 0) is 7.05 Å². The summed E-state index contributed by atoms with van der Waals surface area (Å²) in [5.74, 6) is 0.516. The van der Waals surface area contributed by atoms with Crippen LogP contribution in [0.1, 0.15) is 26.7 Å². The van der Waals surface area contributed by atoms with Gasteiger partial charge in [-0.1, -0.05) is 18.2 Å². The number of piperidine rings is 1. The SMILES string of the molecule is CC=N/C(=C\C)C(Nc1cc(-c2ccc3ccn(C)c3c2)c2nccnc2c1)C1CCN(C)CC1. The highest BCUT2D eigenvalue weighted by molar-refractivity contribution is 5.97. The lowest BCUT2D eigenvalue weighted by atomic mass is 9.87. The van der Waals surface area contributed by atoms with Gasteiger partial charge in [-0.15, -0.1) is 0 Å². The Balaban J connectivity index is 1.59. The summed E-state index contributed by atoms with van der Waals surface area (Å²) in [4.78, 5) is 16.5. The molecule has 1 atom stereocenters. The fourth-order valence-electron chi connectivity index (χ4n) is 5.27. The number of rotatable bonds is 6. The van der Waals surface area contributed by atoms with Crippen molar-refractivity contribution in [3.63, 3.8) is 0 Å². The first-order valence-electron chi connectivity index (χ1n) is 12.5. The molecule has 4 aromatic rings. The van der Waals surface area contributed by atoms with Crippen molar-refractivity contribution < 1.29 is 0 Å². The molecular weight excluding hydrogens is 432 g/mol. The summed E-state index contributed by atoms with van der Waals surface area (Å²) < 4.78 is 2.16. The van der Waals surface area contributed by atoms with Crippen molar-refractivity contribution in [2.75, 3.05) is 25.5 Å². The number of hydrogen-bond donors (Lipinski definition) is 1. The predicted octanol–water partition coefficient (Wildman–Crippen LogP) is 5.91. The summed E-state index contributed by atoms with van der Waals surface area (Å²) in [5, 5.41) is 5.11. The molecule has 0 radical (unpaired) electrons. The first-order valence-corrected chi connectivity index (χ1v) is 12.5. The first kappa shape index (κ1) is 23.2. The second kappa shape index (κ2) is 10.0. The first-order chi connectivity index (χ1) is 17.1. The molecule has 1 aliphatic heterocycles. The van der Waals surface area contributed by atoms with Crippen molar-refractivity contribution in [2.45, 2.75) is 32.7 Å². The molecule has 6 nitrogen and oxygen atoms in total. The van der Waals surface area contributed by atoms with E-state index in [1.165, 1.54) is 10.9 Å². The number of anilines is 1. The Labute approximate surface area is 207 Å². The average Bonchev–Trinajstić information content (AvgIpc) is 3.26. The standard InChI is InChI=1S/C29H34N6/c1-5-25(30-6-2)28(21-9-14-34(3)15-10-21)33-23-18-24(29-26(19-23)31-12-13-32-29)22-8-7-20-11-16-35(4)27(20)17-22/h5-8,11-13,16-19,21,28,33H,9-10,14-15H2,1-4H3/b25-5-,30-6?. The third-order valence-corrected chi connectivity index (χ3v) is 7.22. The van der Waals surface area contributed by atoms with E-state index in [-0.39, 0.29) is 6.04 Å². The fraction of sp³-hybridized carbons (Fsp3) is 0.345. The zero-order valence-corrected chi connectivity index (χ0v) is 21.1. The van der Waals surface area contributed by atoms with Crippen LogP contribution in [-0.4, -0.2) is 51.8 Å². The Morgan fingerprint density at radius 3 is 2.63 bits per heavy atom. The molecule has 1 saturated heterocycles. The van der Waals surface area contributed by atoms with Crippen molar-refractivity contribution in [1.82, 2.24) is 19.4 Å². The average molecular weight is 467 g/mol. The van der Waals surface area contributed by atoms with Gasteiger partial charge in [-0.2, -0.15) is 0 Å². The van der Waals surface area contributed by atoms with Gasteiger partial charge >= 0.3 is 0 Å². The molecule has 1 N–H and O–H groups in total. The largest absolute Gasteiger partial charge is 0.376 e. The van der Waals surface area contributed by atoms with Gasteiger partial charge in [-0.3, -0.25) is 15.0 Å². The lowest BCUT2D eigenvalue weighted by Gasteiger charge is -2.35. The van der Waals surface area contributed by atoms with Crippen LogP contribution in [0.25, 0.3) is 33.1 Å². The molecule has 6 heteroatoms. The van der Waals surface area contributed by atoms with E-state index in [9.17, 15) is 0 Å². The maximum atomic E-state index is 4.74. The summed E-state index contributed by atoms with van der Waals surface area (Å²) in [6.07, 6.45) is 12.0. The van der Waals surface area contributed by atoms with Gasteiger partial charge in [0.05, 0.1) is 22.8 Å². The molecule has 0 spiro atoms. The van der Waals surface area contributed by atoms with Gasteiger partial charge in [0.25, 0.3) is 0 Å². The molecule has 5 rings (SSSR count). The number of nitrogens with one attached hydrogen (secondary N) is 1. The summed E-state index contributed by atoms with van der Waals surface area (Å²) in [5.41, 5.74) is 7.38. The van der Waals surface area contributed by atoms with Gasteiger partial charge in [-0.25, -0.2) is 0 Å². The molecular formula is C29H34N6. The van der Waals surface area contributed by atoms with E-state index in [1.807, 2.05) is 13.1 Å². The topological polar surface area (TPSA) is 58.3 Å². The minimum absolute atomic E-state index is 0.141. The molecule has 2 aromatic carbocycles. The minimum Gasteiger partial charge on any atom is -0.376 e. The zero-order valence-electron chi connectivity index (χ0n) is 21.1. The van der Waals surface area contributed by atoms with E-state index in [1.54, 1.807) is 12.4 Å². The van der Waals surface area contributed by atoms with Crippen LogP contribution in [0.2, 0.25) is 0 Å². The Morgan fingerprint density at radius 2 is 1.86 bits per heavy atom. The smallest absolute Gasteiger partial charge is 0.0966 e. The van der Waals surface area contributed by atoms with E-state index in [2.05, 4.69) is 89.5 Å². The van der Waals surface area contributed by atoms with E-state index < -0.39 is 0 Å². The number of benzene rings is 2. The quantitative estimate of drug-likeness (QED) is 0.359. The summed E-state index contributed by atoms with van der Waals surface area (Å²) in [6, 6.07) is 13.3. The molecule has 1 unspecified atom stereocenters. The number of allylic oxidation sites excluding steroid dienone is 1. The Hall–Kier alpha value is -3.51. The van der Waals surface area contributed by atoms with Crippen molar-refractivity contribution >= 4 is 33.8 Å². The third kappa shape index (κ3) is 4.71. The van der Waals surface area contributed by atoms with Crippen LogP contribution in [0.15, 0.2) is 71.8 Å². The molecule has 180 valence electrons. The molecule has 0 saturated carbocycles. The number of nitrogens with zero attached hydrogens (tertiary/aromatic N) is 5. The van der Waals surface area contributed by atoms with Crippen LogP contribution in [0, 0.1) is 5.92 Å². The predicted molar refractivity (Wildman–Crippen MR) is 147 cm³/mol. The van der Waals surface area contributed by atoms with E-state index in [0.717, 1.165) is 59.5 Å². The van der Waals surface area contributed by atoms with Crippen LogP contribution in [0.5, 0.6) is 0 Å². The van der Waals surface area contributed by atoms with E-state index >= 15 is 0 Å². The molecule has 1 aliphatic rings. The van der Waals surface area contributed by atoms with Crippen LogP contribution in [0.4, 0.5) is 5.69 Å². The highest BCUT2D eigenvalue weighted by atomic mass is 15.1. The van der Waals surface area contributed by atoms with Gasteiger partial charge in [0, 0.05) is 48.6 Å². The van der Waals surface area contributed by atoms with E-state index in [4.69, 9.17) is 9.98 Å². The van der Waals surface area contributed by atoms with Gasteiger partial charge < -0.3 is 14.8 Å². The number of aliphatic imine (C=N–C) groups is 1. The molecule has 1 fully saturated rings. The Kier molecular flexibility index (Phi) is 6.64. The lowest BCUT2D eigenvalue weighted by molar-refractivity contribution is 0.211. The lowest BCUT2D eigenvalue weighted by Crippen LogP contribution is -2.39. The number of aryl methyl sites for hydroxylation is 1. The molecule has 0 bridgehead atoms. The molecule has 35 heavy (non-hydrogen) atoms. The van der Waals surface area contributed by atoms with Crippen LogP contribution >= 0.6 is 0 Å². The Morgan fingerprint density at radius 1 is 1.06 bits per heavy atom. The maximum Gasteiger partial charge on any atom is 0.0966 e. The Bertz CT molecular complexity index is 1390. The monoisotopic (exact) mass is 466 g/mol. The van der Waals surface area contributed by atoms with Crippen molar-refractivity contribution in [1.29, 1.82) is 0 Å². The van der Waals surface area contributed by atoms with E-state index in [0.29, 0.717) is 5.92 Å². The number of aromatic nitrogens is 3. The van der Waals surface area contributed by atoms with Crippen molar-refractivity contribution in [2.24, 2.45) is 18.0 Å². The molecule has 2 aromatic heterocycles. The highest BCUT2D eigenvalue weighted by Gasteiger charge is 2.28.